The number of aromatic nitrogens is 4. The first-order chi connectivity index (χ1) is 30.5. The van der Waals surface area contributed by atoms with Gasteiger partial charge in [0.1, 0.15) is 35.4 Å². The number of H-pyrrole nitrogens is 1. The molecule has 1 amide bonds. The highest BCUT2D eigenvalue weighted by atomic mass is 31.2. The number of hydrogen-bond acceptors (Lipinski definition) is 15. The van der Waals surface area contributed by atoms with E-state index in [0.717, 1.165) is 16.7 Å². The fraction of sp³-hybridized carbons (Fsp3) is 0.432. The molecule has 3 aromatic carbocycles. The number of nitriles is 1. The lowest BCUT2D eigenvalue weighted by molar-refractivity contribution is -0.123. The maximum Gasteiger partial charge on any atom is 0.280 e. The second-order valence-electron chi connectivity index (χ2n) is 15.1. The van der Waals surface area contributed by atoms with Gasteiger partial charge < -0.3 is 38.0 Å². The Hall–Kier alpha value is -5.48. The molecule has 18 nitrogen and oxygen atoms in total. The van der Waals surface area contributed by atoms with Crippen molar-refractivity contribution in [2.45, 2.75) is 82.8 Å². The van der Waals surface area contributed by atoms with Gasteiger partial charge >= 0.3 is 0 Å². The number of carbonyl (C=O) groups excluding carboxylic acids is 1. The van der Waals surface area contributed by atoms with Crippen LogP contribution in [0.15, 0.2) is 90.0 Å². The highest BCUT2D eigenvalue weighted by Gasteiger charge is 2.52. The number of nitrogens with one attached hydrogen (secondary N) is 3. The second-order valence-corrected chi connectivity index (χ2v) is 16.5. The molecule has 1 aliphatic rings. The summed E-state index contributed by atoms with van der Waals surface area (Å²) in [6.45, 7) is 8.16. The average molecular weight is 886 g/mol. The monoisotopic (exact) mass is 885 g/mol. The predicted octanol–water partition coefficient (Wildman–Crippen LogP) is 5.51. The molecule has 5 N–H and O–H groups in total. The van der Waals surface area contributed by atoms with Crippen LogP contribution in [-0.4, -0.2) is 102 Å². The third-order valence-corrected chi connectivity index (χ3v) is 12.7. The fourth-order valence-electron chi connectivity index (χ4n) is 7.64. The Morgan fingerprint density at radius 2 is 1.59 bits per heavy atom. The minimum absolute atomic E-state index is 0.00238. The van der Waals surface area contributed by atoms with E-state index in [-0.39, 0.29) is 67.8 Å². The van der Waals surface area contributed by atoms with E-state index < -0.39 is 44.2 Å². The third-order valence-electron chi connectivity index (χ3n) is 10.6. The highest BCUT2D eigenvalue weighted by Crippen LogP contribution is 2.51. The van der Waals surface area contributed by atoms with E-state index in [1.165, 1.54) is 6.33 Å². The minimum atomic E-state index is -1.88. The van der Waals surface area contributed by atoms with Crippen LogP contribution < -0.4 is 31.6 Å². The number of hydrazine groups is 1. The summed E-state index contributed by atoms with van der Waals surface area (Å²) < 4.78 is 49.4. The Balaban J connectivity index is 1.53. The molecule has 63 heavy (non-hydrogen) atoms. The summed E-state index contributed by atoms with van der Waals surface area (Å²) in [5.74, 6) is 6.81. The van der Waals surface area contributed by atoms with Crippen molar-refractivity contribution in [2.24, 2.45) is 5.84 Å². The van der Waals surface area contributed by atoms with E-state index >= 15 is 0 Å². The molecule has 0 saturated carbocycles. The molecular formula is C44H56N9O9P. The van der Waals surface area contributed by atoms with Crippen LogP contribution in [0.4, 0.5) is 5.95 Å². The van der Waals surface area contributed by atoms with E-state index in [4.69, 9.17) is 38.6 Å². The zero-order chi connectivity index (χ0) is 45.1. The summed E-state index contributed by atoms with van der Waals surface area (Å²) in [6, 6.07) is 27.3. The summed E-state index contributed by atoms with van der Waals surface area (Å²) in [4.78, 5) is 37.2. The SMILES string of the molecule is CNC(=O)CCOC1C(OP(OCCC#N)N(C(C)C)C(C)C)[C@@H](COC(c2ccccc2)(c2ccc(OC)cc2)c2ccc(OC)cc2)O[C@H]1n1cnc2c(=O)[nH]c(NN)nc21. The van der Waals surface area contributed by atoms with Gasteiger partial charge in [0.05, 0.1) is 52.9 Å². The number of hydrogen-bond donors (Lipinski definition) is 4. The molecule has 336 valence electrons. The molecule has 3 heterocycles. The van der Waals surface area contributed by atoms with Gasteiger partial charge in [-0.2, -0.15) is 10.2 Å². The van der Waals surface area contributed by atoms with Crippen molar-refractivity contribution in [2.75, 3.05) is 46.5 Å². The van der Waals surface area contributed by atoms with E-state index in [1.807, 2.05) is 107 Å². The molecule has 5 aromatic rings. The molecule has 0 aliphatic carbocycles. The molecule has 6 rings (SSSR count). The van der Waals surface area contributed by atoms with E-state index in [9.17, 15) is 14.9 Å². The molecule has 5 atom stereocenters. The van der Waals surface area contributed by atoms with Crippen LogP contribution in [0.25, 0.3) is 11.2 Å². The van der Waals surface area contributed by atoms with Gasteiger partial charge in [-0.05, 0) is 68.7 Å². The average Bonchev–Trinajstić information content (AvgIpc) is 3.87. The number of rotatable bonds is 22. The second kappa shape index (κ2) is 21.7. The molecule has 0 bridgehead atoms. The normalized spacial score (nSPS) is 18.2. The molecule has 3 unspecified atom stereocenters. The molecular weight excluding hydrogens is 830 g/mol. The van der Waals surface area contributed by atoms with Crippen molar-refractivity contribution >= 4 is 31.5 Å². The molecule has 19 heteroatoms. The number of amides is 1. The van der Waals surface area contributed by atoms with Crippen LogP contribution in [0.2, 0.25) is 0 Å². The van der Waals surface area contributed by atoms with Crippen LogP contribution in [0, 0.1) is 11.3 Å². The van der Waals surface area contributed by atoms with Crippen LogP contribution in [0.1, 0.15) is 63.5 Å². The smallest absolute Gasteiger partial charge is 0.280 e. The van der Waals surface area contributed by atoms with Gasteiger partial charge in [0, 0.05) is 25.6 Å². The highest BCUT2D eigenvalue weighted by molar-refractivity contribution is 7.44. The van der Waals surface area contributed by atoms with Crippen molar-refractivity contribution in [1.29, 1.82) is 5.26 Å². The number of ether oxygens (including phenoxy) is 5. The number of carbonyl (C=O) groups is 1. The number of imidazole rings is 1. The predicted molar refractivity (Wildman–Crippen MR) is 237 cm³/mol. The van der Waals surface area contributed by atoms with Crippen molar-refractivity contribution in [3.05, 3.63) is 112 Å². The number of nitrogens with two attached hydrogens (primary N) is 1. The van der Waals surface area contributed by atoms with E-state index in [2.05, 4.69) is 36.4 Å². The maximum absolute atomic E-state index is 13.2. The van der Waals surface area contributed by atoms with Crippen LogP contribution in [0.5, 0.6) is 11.5 Å². The van der Waals surface area contributed by atoms with Gasteiger partial charge in [-0.25, -0.2) is 15.5 Å². The van der Waals surface area contributed by atoms with Crippen LogP contribution >= 0.6 is 8.53 Å². The van der Waals surface area contributed by atoms with Gasteiger partial charge in [-0.3, -0.25) is 24.6 Å². The van der Waals surface area contributed by atoms with Crippen molar-refractivity contribution in [1.82, 2.24) is 29.5 Å². The zero-order valence-corrected chi connectivity index (χ0v) is 37.4. The molecule has 2 aromatic heterocycles. The van der Waals surface area contributed by atoms with Crippen molar-refractivity contribution in [3.8, 4) is 17.6 Å². The van der Waals surface area contributed by atoms with Crippen LogP contribution in [-0.2, 0) is 33.7 Å². The summed E-state index contributed by atoms with van der Waals surface area (Å²) in [5, 5.41) is 12.1. The Morgan fingerprint density at radius 1 is 0.968 bits per heavy atom. The van der Waals surface area contributed by atoms with Crippen molar-refractivity contribution in [3.63, 3.8) is 0 Å². The first-order valence-corrected chi connectivity index (χ1v) is 21.8. The largest absolute Gasteiger partial charge is 0.497 e. The fourth-order valence-corrected chi connectivity index (χ4v) is 9.41. The summed E-state index contributed by atoms with van der Waals surface area (Å²) >= 11 is 0. The number of anilines is 1. The summed E-state index contributed by atoms with van der Waals surface area (Å²) in [6.07, 6.45) is -2.24. The van der Waals surface area contributed by atoms with Gasteiger partial charge in [0.2, 0.25) is 11.9 Å². The number of nitrogens with zero attached hydrogens (tertiary/aromatic N) is 5. The minimum Gasteiger partial charge on any atom is -0.497 e. The number of methoxy groups -OCH3 is 2. The summed E-state index contributed by atoms with van der Waals surface area (Å²) in [5.41, 5.74) is 3.24. The first kappa shape index (κ1) is 47.0. The van der Waals surface area contributed by atoms with Gasteiger partial charge in [-0.1, -0.05) is 54.6 Å². The first-order valence-electron chi connectivity index (χ1n) is 20.6. The Bertz CT molecular complexity index is 2280. The number of fused-ring (bicyclic) bond motifs is 1. The zero-order valence-electron chi connectivity index (χ0n) is 36.5. The van der Waals surface area contributed by atoms with E-state index in [0.29, 0.717) is 11.5 Å². The Morgan fingerprint density at radius 3 is 2.14 bits per heavy atom. The Kier molecular flexibility index (Phi) is 16.2. The lowest BCUT2D eigenvalue weighted by Crippen LogP contribution is -2.43. The quantitative estimate of drug-likeness (QED) is 0.0221. The standard InChI is InChI=1S/C44H56N9O9P/c1-28(2)53(29(3)4)63(60-24-11-23-45)62-38-35(61-42(39(38)58-25-22-36(54)47-5)52-27-48-37-40(52)49-43(51-46)50-41(37)55)26-59-44(30-12-9-8-10-13-30,31-14-18-33(56-6)19-15-31)32-16-20-34(57-7)21-17-32/h8-10,12-21,27-29,35,38-39,42H,11,22,24-26,46H2,1-7H3,(H,47,54)(H2,49,50,51,55)/t35-,38?,39?,42-,63?/m1/s1. The van der Waals surface area contributed by atoms with Gasteiger partial charge in [0.15, 0.2) is 17.4 Å². The molecule has 1 saturated heterocycles. The number of nitrogen functional groups attached to an aromatic ring is 1. The van der Waals surface area contributed by atoms with Crippen LogP contribution in [0.3, 0.4) is 0 Å². The maximum atomic E-state index is 13.2. The third kappa shape index (κ3) is 10.5. The molecule has 0 radical (unpaired) electrons. The lowest BCUT2D eigenvalue weighted by Gasteiger charge is -2.39. The Labute approximate surface area is 367 Å². The lowest BCUT2D eigenvalue weighted by atomic mass is 9.80. The number of aromatic amines is 1. The molecule has 1 fully saturated rings. The molecule has 1 aliphatic heterocycles. The number of benzene rings is 3. The van der Waals surface area contributed by atoms with E-state index in [1.54, 1.807) is 25.8 Å². The van der Waals surface area contributed by atoms with Gasteiger partial charge in [-0.15, -0.1) is 0 Å². The summed E-state index contributed by atoms with van der Waals surface area (Å²) in [7, 11) is 2.90. The van der Waals surface area contributed by atoms with Crippen molar-refractivity contribution < 1.29 is 37.5 Å². The topological polar surface area (TPSA) is 222 Å². The van der Waals surface area contributed by atoms with Gasteiger partial charge in [0.25, 0.3) is 14.1 Å². The molecule has 0 spiro atoms.